The Balaban J connectivity index is 1.51. The van der Waals surface area contributed by atoms with Crippen LogP contribution in [-0.4, -0.2) is 23.6 Å². The molecule has 3 aromatic rings. The third-order valence-electron chi connectivity index (χ3n) is 3.40. The number of furan rings is 1. The summed E-state index contributed by atoms with van der Waals surface area (Å²) >= 11 is 0. The molecule has 5 nitrogen and oxygen atoms in total. The molecule has 0 unspecified atom stereocenters. The molecule has 2 aromatic heterocycles. The number of imidazole rings is 1. The van der Waals surface area contributed by atoms with Crippen LogP contribution in [0.2, 0.25) is 0 Å². The Morgan fingerprint density at radius 2 is 2.33 bits per heavy atom. The number of fused-ring (bicyclic) bond motifs is 1. The first-order chi connectivity index (χ1) is 10.4. The second kappa shape index (κ2) is 6.45. The van der Waals surface area contributed by atoms with Crippen LogP contribution in [0.5, 0.6) is 5.75 Å². The van der Waals surface area contributed by atoms with Crippen molar-refractivity contribution in [3.05, 3.63) is 48.2 Å². The molecule has 0 atom stereocenters. The van der Waals surface area contributed by atoms with Crippen LogP contribution in [0.25, 0.3) is 11.0 Å². The molecule has 110 valence electrons. The molecule has 1 aromatic carbocycles. The molecule has 0 amide bonds. The first-order valence-corrected chi connectivity index (χ1v) is 7.11. The summed E-state index contributed by atoms with van der Waals surface area (Å²) < 4.78 is 11.1. The van der Waals surface area contributed by atoms with Gasteiger partial charge in [-0.1, -0.05) is 12.1 Å². The number of benzene rings is 1. The topological polar surface area (TPSA) is 63.1 Å². The van der Waals surface area contributed by atoms with Gasteiger partial charge in [-0.05, 0) is 25.1 Å². The Hall–Kier alpha value is -2.27. The number of nitrogens with zero attached hydrogens (tertiary/aromatic N) is 1. The third-order valence-corrected chi connectivity index (χ3v) is 3.40. The number of hydrogen-bond donors (Lipinski definition) is 2. The standard InChI is InChI=1S/C16H19N3O2/c1-20-14-5-2-4-12-10-13(21-16(12)14)11-17-7-3-6-15-18-8-9-19-15/h2,4-5,8-10,17H,3,6-7,11H2,1H3,(H,18,19). The van der Waals surface area contributed by atoms with E-state index in [9.17, 15) is 0 Å². The highest BCUT2D eigenvalue weighted by Crippen LogP contribution is 2.28. The molecule has 2 N–H and O–H groups in total. The Morgan fingerprint density at radius 3 is 3.14 bits per heavy atom. The monoisotopic (exact) mass is 285 g/mol. The van der Waals surface area contributed by atoms with Gasteiger partial charge in [-0.3, -0.25) is 0 Å². The maximum absolute atomic E-state index is 5.84. The van der Waals surface area contributed by atoms with Crippen molar-refractivity contribution in [1.29, 1.82) is 0 Å². The normalized spacial score (nSPS) is 11.1. The first-order valence-electron chi connectivity index (χ1n) is 7.11. The Kier molecular flexibility index (Phi) is 4.21. The minimum Gasteiger partial charge on any atom is -0.493 e. The lowest BCUT2D eigenvalue weighted by atomic mass is 10.2. The highest BCUT2D eigenvalue weighted by Gasteiger charge is 2.07. The molecule has 0 radical (unpaired) electrons. The number of methoxy groups -OCH3 is 1. The molecule has 3 rings (SSSR count). The Bertz CT molecular complexity index is 689. The van der Waals surface area contributed by atoms with Crippen LogP contribution in [0.4, 0.5) is 0 Å². The molecule has 0 aliphatic heterocycles. The van der Waals surface area contributed by atoms with Gasteiger partial charge in [-0.2, -0.15) is 0 Å². The number of H-pyrrole nitrogens is 1. The minimum absolute atomic E-state index is 0.718. The van der Waals surface area contributed by atoms with Crippen LogP contribution < -0.4 is 10.1 Å². The number of hydrogen-bond acceptors (Lipinski definition) is 4. The van der Waals surface area contributed by atoms with Crippen molar-refractivity contribution in [1.82, 2.24) is 15.3 Å². The van der Waals surface area contributed by atoms with Gasteiger partial charge in [0.15, 0.2) is 11.3 Å². The van der Waals surface area contributed by atoms with Gasteiger partial charge in [0.1, 0.15) is 11.6 Å². The zero-order valence-corrected chi connectivity index (χ0v) is 12.1. The van der Waals surface area contributed by atoms with Gasteiger partial charge in [-0.15, -0.1) is 0 Å². The maximum atomic E-state index is 5.84. The second-order valence-electron chi connectivity index (χ2n) is 4.91. The first kappa shape index (κ1) is 13.7. The summed E-state index contributed by atoms with van der Waals surface area (Å²) in [5, 5.41) is 4.46. The van der Waals surface area contributed by atoms with Crippen LogP contribution in [0.1, 0.15) is 18.0 Å². The minimum atomic E-state index is 0.718. The van der Waals surface area contributed by atoms with Crippen molar-refractivity contribution < 1.29 is 9.15 Å². The van der Waals surface area contributed by atoms with Gasteiger partial charge in [0.25, 0.3) is 0 Å². The van der Waals surface area contributed by atoms with Gasteiger partial charge >= 0.3 is 0 Å². The summed E-state index contributed by atoms with van der Waals surface area (Å²) in [6, 6.07) is 7.96. The molecular weight excluding hydrogens is 266 g/mol. The van der Waals surface area contributed by atoms with Crippen molar-refractivity contribution in [2.45, 2.75) is 19.4 Å². The molecule has 0 saturated heterocycles. The molecule has 21 heavy (non-hydrogen) atoms. The lowest BCUT2D eigenvalue weighted by Gasteiger charge is -2.01. The van der Waals surface area contributed by atoms with Crippen molar-refractivity contribution in [2.24, 2.45) is 0 Å². The van der Waals surface area contributed by atoms with Crippen LogP contribution in [-0.2, 0) is 13.0 Å². The van der Waals surface area contributed by atoms with E-state index in [0.717, 1.165) is 54.2 Å². The number of aryl methyl sites for hydroxylation is 1. The van der Waals surface area contributed by atoms with Crippen molar-refractivity contribution >= 4 is 11.0 Å². The van der Waals surface area contributed by atoms with Crippen LogP contribution in [0, 0.1) is 0 Å². The summed E-state index contributed by atoms with van der Waals surface area (Å²) in [4.78, 5) is 7.31. The van der Waals surface area contributed by atoms with E-state index in [1.807, 2.05) is 24.4 Å². The lowest BCUT2D eigenvalue weighted by Crippen LogP contribution is -2.15. The van der Waals surface area contributed by atoms with Crippen molar-refractivity contribution in [3.63, 3.8) is 0 Å². The van der Waals surface area contributed by atoms with Crippen LogP contribution in [0.15, 0.2) is 41.1 Å². The average Bonchev–Trinajstić information content (AvgIpc) is 3.15. The number of aromatic nitrogens is 2. The summed E-state index contributed by atoms with van der Waals surface area (Å²) in [6.45, 7) is 1.64. The highest BCUT2D eigenvalue weighted by molar-refractivity contribution is 5.83. The summed E-state index contributed by atoms with van der Waals surface area (Å²) in [7, 11) is 1.66. The molecule has 0 aliphatic carbocycles. The zero-order chi connectivity index (χ0) is 14.5. The quantitative estimate of drug-likeness (QED) is 0.655. The molecule has 0 fully saturated rings. The molecular formula is C16H19N3O2. The summed E-state index contributed by atoms with van der Waals surface area (Å²) in [5.41, 5.74) is 0.812. The van der Waals surface area contributed by atoms with Crippen molar-refractivity contribution in [2.75, 3.05) is 13.7 Å². The van der Waals surface area contributed by atoms with E-state index in [0.29, 0.717) is 0 Å². The van der Waals surface area contributed by atoms with Crippen molar-refractivity contribution in [3.8, 4) is 5.75 Å². The number of ether oxygens (including phenoxy) is 1. The fraction of sp³-hybridized carbons (Fsp3) is 0.312. The highest BCUT2D eigenvalue weighted by atomic mass is 16.5. The third kappa shape index (κ3) is 3.25. The molecule has 2 heterocycles. The Morgan fingerprint density at radius 1 is 1.38 bits per heavy atom. The van der Waals surface area contributed by atoms with Gasteiger partial charge in [-0.25, -0.2) is 4.98 Å². The Labute approximate surface area is 123 Å². The van der Waals surface area contributed by atoms with E-state index >= 15 is 0 Å². The zero-order valence-electron chi connectivity index (χ0n) is 12.1. The van der Waals surface area contributed by atoms with Gasteiger partial charge < -0.3 is 19.5 Å². The fourth-order valence-electron chi connectivity index (χ4n) is 2.36. The second-order valence-corrected chi connectivity index (χ2v) is 4.91. The van der Waals surface area contributed by atoms with Gasteiger partial charge in [0, 0.05) is 24.2 Å². The number of para-hydroxylation sites is 1. The molecule has 0 aliphatic rings. The average molecular weight is 285 g/mol. The fourth-order valence-corrected chi connectivity index (χ4v) is 2.36. The van der Waals surface area contributed by atoms with E-state index in [1.54, 1.807) is 13.3 Å². The largest absolute Gasteiger partial charge is 0.493 e. The SMILES string of the molecule is COc1cccc2cc(CNCCCc3ncc[nH]3)oc12. The summed E-state index contributed by atoms with van der Waals surface area (Å²) in [6.07, 6.45) is 5.63. The lowest BCUT2D eigenvalue weighted by molar-refractivity contribution is 0.406. The van der Waals surface area contributed by atoms with E-state index in [2.05, 4.69) is 21.4 Å². The number of aromatic amines is 1. The van der Waals surface area contributed by atoms with E-state index in [1.165, 1.54) is 0 Å². The summed E-state index contributed by atoms with van der Waals surface area (Å²) in [5.74, 6) is 2.73. The number of nitrogens with one attached hydrogen (secondary N) is 2. The van der Waals surface area contributed by atoms with Crippen LogP contribution in [0.3, 0.4) is 0 Å². The predicted molar refractivity (Wildman–Crippen MR) is 81.4 cm³/mol. The maximum Gasteiger partial charge on any atom is 0.176 e. The van der Waals surface area contributed by atoms with Gasteiger partial charge in [0.05, 0.1) is 13.7 Å². The van der Waals surface area contributed by atoms with E-state index in [4.69, 9.17) is 9.15 Å². The van der Waals surface area contributed by atoms with E-state index in [-0.39, 0.29) is 0 Å². The predicted octanol–water partition coefficient (Wildman–Crippen LogP) is 2.89. The van der Waals surface area contributed by atoms with Gasteiger partial charge in [0.2, 0.25) is 0 Å². The molecule has 0 spiro atoms. The molecule has 5 heteroatoms. The van der Waals surface area contributed by atoms with E-state index < -0.39 is 0 Å². The molecule has 0 saturated carbocycles. The molecule has 0 bridgehead atoms. The number of rotatable bonds is 7. The van der Waals surface area contributed by atoms with Crippen LogP contribution >= 0.6 is 0 Å². The smallest absolute Gasteiger partial charge is 0.176 e.